The second-order valence-electron chi connectivity index (χ2n) is 5.56. The van der Waals surface area contributed by atoms with E-state index in [1.54, 1.807) is 0 Å². The molecular weight excluding hydrogens is 254 g/mol. The molecule has 0 aromatic heterocycles. The summed E-state index contributed by atoms with van der Waals surface area (Å²) in [5.74, 6) is 0.773. The monoisotopic (exact) mass is 273 g/mol. The molecule has 2 rings (SSSR count). The van der Waals surface area contributed by atoms with Crippen LogP contribution >= 0.6 is 0 Å². The summed E-state index contributed by atoms with van der Waals surface area (Å²) >= 11 is 0. The highest BCUT2D eigenvalue weighted by molar-refractivity contribution is 6.71. The number of hydrogen-bond acceptors (Lipinski definition) is 4. The second-order valence-corrected chi connectivity index (χ2v) is 9.99. The molecule has 1 aliphatic heterocycles. The Hall–Kier alpha value is -1.80. The summed E-state index contributed by atoms with van der Waals surface area (Å²) in [7, 11) is -1.62. The molecule has 100 valence electrons. The van der Waals surface area contributed by atoms with Crippen LogP contribution in [-0.4, -0.2) is 25.8 Å². The van der Waals surface area contributed by atoms with Gasteiger partial charge in [0.15, 0.2) is 11.9 Å². The van der Waals surface area contributed by atoms with Gasteiger partial charge in [-0.3, -0.25) is 5.01 Å². The highest BCUT2D eigenvalue weighted by Gasteiger charge is 2.27. The van der Waals surface area contributed by atoms with Crippen molar-refractivity contribution in [2.24, 2.45) is 5.10 Å². The molecule has 0 N–H and O–H groups in total. The zero-order valence-corrected chi connectivity index (χ0v) is 12.6. The van der Waals surface area contributed by atoms with Gasteiger partial charge in [-0.05, 0) is 25.2 Å². The predicted molar refractivity (Wildman–Crippen MR) is 78.0 cm³/mol. The van der Waals surface area contributed by atoms with Crippen LogP contribution in [0.2, 0.25) is 19.6 Å². The van der Waals surface area contributed by atoms with E-state index in [2.05, 4.69) is 30.8 Å². The lowest BCUT2D eigenvalue weighted by atomic mass is 10.1. The lowest BCUT2D eigenvalue weighted by Crippen LogP contribution is -2.28. The summed E-state index contributed by atoms with van der Waals surface area (Å²) in [6.45, 7) is 7.15. The van der Waals surface area contributed by atoms with Crippen molar-refractivity contribution in [2.45, 2.75) is 32.1 Å². The van der Waals surface area contributed by atoms with Crippen LogP contribution in [0.15, 0.2) is 35.4 Å². The number of benzene rings is 1. The molecule has 4 nitrogen and oxygen atoms in total. The smallest absolute Gasteiger partial charge is 0.243 e. The summed E-state index contributed by atoms with van der Waals surface area (Å²) in [4.78, 5) is 0. The van der Waals surface area contributed by atoms with E-state index in [-0.39, 0.29) is 6.04 Å². The molecule has 0 spiro atoms. The van der Waals surface area contributed by atoms with Gasteiger partial charge in [0, 0.05) is 13.0 Å². The molecule has 1 aromatic carbocycles. The molecule has 0 aliphatic carbocycles. The van der Waals surface area contributed by atoms with Gasteiger partial charge in [0.2, 0.25) is 8.32 Å². The molecule has 0 fully saturated rings. The Morgan fingerprint density at radius 1 is 1.32 bits per heavy atom. The fourth-order valence-corrected chi connectivity index (χ4v) is 2.86. The summed E-state index contributed by atoms with van der Waals surface area (Å²) in [5.41, 5.74) is 0.975. The second kappa shape index (κ2) is 5.45. The van der Waals surface area contributed by atoms with E-state index in [9.17, 15) is 5.26 Å². The summed E-state index contributed by atoms with van der Waals surface area (Å²) < 4.78 is 5.90. The SMILES string of the molecule is C[Si](C)(C)OC1=NN(C(C#N)c2ccccc2)CC1. The van der Waals surface area contributed by atoms with Crippen molar-refractivity contribution in [3.63, 3.8) is 0 Å². The Morgan fingerprint density at radius 3 is 2.58 bits per heavy atom. The zero-order chi connectivity index (χ0) is 13.9. The van der Waals surface area contributed by atoms with Gasteiger partial charge >= 0.3 is 0 Å². The summed E-state index contributed by atoms with van der Waals surface area (Å²) in [6, 6.07) is 11.7. The molecule has 0 bridgehead atoms. The number of rotatable bonds is 3. The average molecular weight is 273 g/mol. The third-order valence-electron chi connectivity index (χ3n) is 2.75. The maximum Gasteiger partial charge on any atom is 0.243 e. The lowest BCUT2D eigenvalue weighted by molar-refractivity contribution is 0.274. The van der Waals surface area contributed by atoms with Crippen molar-refractivity contribution in [3.8, 4) is 6.07 Å². The van der Waals surface area contributed by atoms with Gasteiger partial charge in [-0.25, -0.2) is 0 Å². The first-order valence-electron chi connectivity index (χ1n) is 6.47. The van der Waals surface area contributed by atoms with Crippen molar-refractivity contribution >= 4 is 14.2 Å². The first-order chi connectivity index (χ1) is 8.99. The van der Waals surface area contributed by atoms with Gasteiger partial charge in [0.05, 0.1) is 6.07 Å². The maximum absolute atomic E-state index is 9.37. The van der Waals surface area contributed by atoms with Crippen LogP contribution < -0.4 is 0 Å². The van der Waals surface area contributed by atoms with E-state index in [1.807, 2.05) is 35.3 Å². The van der Waals surface area contributed by atoms with E-state index in [0.717, 1.165) is 24.4 Å². The fourth-order valence-electron chi connectivity index (χ4n) is 2.01. The molecule has 1 aromatic rings. The third kappa shape index (κ3) is 3.58. The standard InChI is InChI=1S/C14H19N3OSi/c1-19(2,3)18-14-9-10-17(16-14)13(11-15)12-7-5-4-6-8-12/h4-8,13H,9-10H2,1-3H3. The van der Waals surface area contributed by atoms with Gasteiger partial charge in [-0.2, -0.15) is 5.26 Å². The van der Waals surface area contributed by atoms with Gasteiger partial charge in [-0.1, -0.05) is 30.3 Å². The normalized spacial score (nSPS) is 16.7. The van der Waals surface area contributed by atoms with Gasteiger partial charge in [-0.15, -0.1) is 5.10 Å². The zero-order valence-electron chi connectivity index (χ0n) is 11.6. The van der Waals surface area contributed by atoms with E-state index in [0.29, 0.717) is 0 Å². The van der Waals surface area contributed by atoms with Crippen molar-refractivity contribution < 1.29 is 4.43 Å². The molecule has 0 saturated heterocycles. The Balaban J connectivity index is 2.13. The first kappa shape index (κ1) is 13.6. The molecule has 0 saturated carbocycles. The van der Waals surface area contributed by atoms with Crippen molar-refractivity contribution in [1.82, 2.24) is 5.01 Å². The Kier molecular flexibility index (Phi) is 3.91. The molecule has 1 atom stereocenters. The van der Waals surface area contributed by atoms with Crippen LogP contribution in [0.5, 0.6) is 0 Å². The highest BCUT2D eigenvalue weighted by Crippen LogP contribution is 2.24. The number of nitrogens with zero attached hydrogens (tertiary/aromatic N) is 3. The Morgan fingerprint density at radius 2 is 2.00 bits per heavy atom. The average Bonchev–Trinajstić information content (AvgIpc) is 2.77. The molecule has 5 heteroatoms. The van der Waals surface area contributed by atoms with Gasteiger partial charge < -0.3 is 4.43 Å². The van der Waals surface area contributed by atoms with Crippen LogP contribution in [0.1, 0.15) is 18.0 Å². The quantitative estimate of drug-likeness (QED) is 0.795. The minimum atomic E-state index is -1.62. The maximum atomic E-state index is 9.37. The Bertz CT molecular complexity index is 502. The van der Waals surface area contributed by atoms with E-state index >= 15 is 0 Å². The van der Waals surface area contributed by atoms with Gasteiger partial charge in [0.1, 0.15) is 0 Å². The van der Waals surface area contributed by atoms with Crippen molar-refractivity contribution in [1.29, 1.82) is 5.26 Å². The van der Waals surface area contributed by atoms with E-state index in [1.165, 1.54) is 0 Å². The van der Waals surface area contributed by atoms with Crippen LogP contribution in [-0.2, 0) is 4.43 Å². The Labute approximate surface area is 115 Å². The van der Waals surface area contributed by atoms with Crippen LogP contribution in [0.4, 0.5) is 0 Å². The van der Waals surface area contributed by atoms with Crippen molar-refractivity contribution in [3.05, 3.63) is 35.9 Å². The third-order valence-corrected chi connectivity index (χ3v) is 3.60. The van der Waals surface area contributed by atoms with E-state index < -0.39 is 8.32 Å². The van der Waals surface area contributed by atoms with E-state index in [4.69, 9.17) is 4.43 Å². The van der Waals surface area contributed by atoms with Crippen LogP contribution in [0.25, 0.3) is 0 Å². The van der Waals surface area contributed by atoms with Crippen LogP contribution in [0, 0.1) is 11.3 Å². The summed E-state index contributed by atoms with van der Waals surface area (Å²) in [6.07, 6.45) is 0.787. The molecule has 0 amide bonds. The molecule has 1 aliphatic rings. The fraction of sp³-hybridized carbons (Fsp3) is 0.429. The molecule has 19 heavy (non-hydrogen) atoms. The number of hydrazone groups is 1. The number of nitriles is 1. The minimum Gasteiger partial charge on any atom is -0.533 e. The summed E-state index contributed by atoms with van der Waals surface area (Å²) in [5, 5.41) is 15.7. The topological polar surface area (TPSA) is 48.6 Å². The van der Waals surface area contributed by atoms with Crippen LogP contribution in [0.3, 0.4) is 0 Å². The lowest BCUT2D eigenvalue weighted by Gasteiger charge is -2.20. The number of hydrogen-bond donors (Lipinski definition) is 0. The van der Waals surface area contributed by atoms with Crippen molar-refractivity contribution in [2.75, 3.05) is 6.54 Å². The molecule has 0 radical (unpaired) electrons. The highest BCUT2D eigenvalue weighted by atomic mass is 28.4. The first-order valence-corrected chi connectivity index (χ1v) is 9.88. The van der Waals surface area contributed by atoms with Gasteiger partial charge in [0.25, 0.3) is 0 Å². The molecule has 1 unspecified atom stereocenters. The molecule has 1 heterocycles. The largest absolute Gasteiger partial charge is 0.533 e. The minimum absolute atomic E-state index is 0.330. The molecular formula is C14H19N3OSi. The predicted octanol–water partition coefficient (Wildman–Crippen LogP) is 3.12.